The summed E-state index contributed by atoms with van der Waals surface area (Å²) in [6, 6.07) is 6.89. The van der Waals surface area contributed by atoms with Crippen LogP contribution in [0, 0.1) is 6.92 Å². The highest BCUT2D eigenvalue weighted by molar-refractivity contribution is 7.89. The van der Waals surface area contributed by atoms with Crippen molar-refractivity contribution in [2.45, 2.75) is 30.8 Å². The Morgan fingerprint density at radius 2 is 1.88 bits per heavy atom. The van der Waals surface area contributed by atoms with Gasteiger partial charge in [0.25, 0.3) is 0 Å². The van der Waals surface area contributed by atoms with Crippen LogP contribution in [0.5, 0.6) is 11.8 Å². The van der Waals surface area contributed by atoms with Gasteiger partial charge in [0.2, 0.25) is 21.8 Å². The summed E-state index contributed by atoms with van der Waals surface area (Å²) in [6.07, 6.45) is 4.21. The zero-order valence-electron chi connectivity index (χ0n) is 14.3. The van der Waals surface area contributed by atoms with Gasteiger partial charge in [0.05, 0.1) is 30.9 Å². The third kappa shape index (κ3) is 4.08. The van der Waals surface area contributed by atoms with Crippen LogP contribution >= 0.6 is 0 Å². The second-order valence-electron chi connectivity index (χ2n) is 5.96. The molecule has 0 N–H and O–H groups in total. The Morgan fingerprint density at radius 1 is 1.16 bits per heavy atom. The monoisotopic (exact) mass is 363 g/mol. The first-order chi connectivity index (χ1) is 12.0. The molecule has 1 fully saturated rings. The van der Waals surface area contributed by atoms with Crippen LogP contribution in [0.1, 0.15) is 18.4 Å². The van der Waals surface area contributed by atoms with E-state index in [-0.39, 0.29) is 12.6 Å². The molecule has 134 valence electrons. The molecule has 0 bridgehead atoms. The third-order valence-electron chi connectivity index (χ3n) is 4.09. The van der Waals surface area contributed by atoms with E-state index in [0.717, 1.165) is 18.4 Å². The van der Waals surface area contributed by atoms with E-state index in [0.29, 0.717) is 23.2 Å². The molecule has 0 aliphatic carbocycles. The molecule has 1 unspecified atom stereocenters. The van der Waals surface area contributed by atoms with Crippen LogP contribution < -0.4 is 9.47 Å². The lowest BCUT2D eigenvalue weighted by atomic mass is 10.1. The van der Waals surface area contributed by atoms with Crippen LogP contribution in [0.15, 0.2) is 41.6 Å². The molecule has 1 aliphatic rings. The molecule has 0 spiro atoms. The molecule has 8 heteroatoms. The van der Waals surface area contributed by atoms with Gasteiger partial charge in [0.1, 0.15) is 6.10 Å². The number of aromatic nitrogens is 2. The minimum Gasteiger partial charge on any atom is -0.480 e. The van der Waals surface area contributed by atoms with Crippen molar-refractivity contribution in [1.29, 1.82) is 0 Å². The summed E-state index contributed by atoms with van der Waals surface area (Å²) in [6.45, 7) is 2.70. The SMILES string of the molecule is COc1cncc(OC2CCCN(S(=O)(=O)c3ccc(C)cc3)C2)n1. The van der Waals surface area contributed by atoms with Crippen LogP contribution in [0.3, 0.4) is 0 Å². The van der Waals surface area contributed by atoms with Gasteiger partial charge in [-0.2, -0.15) is 9.29 Å². The fourth-order valence-corrected chi connectivity index (χ4v) is 4.25. The van der Waals surface area contributed by atoms with E-state index in [9.17, 15) is 8.42 Å². The summed E-state index contributed by atoms with van der Waals surface area (Å²) in [7, 11) is -2.02. The number of benzene rings is 1. The molecule has 1 aromatic carbocycles. The van der Waals surface area contributed by atoms with E-state index < -0.39 is 10.0 Å². The minimum atomic E-state index is -3.52. The molecular formula is C17H21N3O4S. The van der Waals surface area contributed by atoms with Crippen LogP contribution in [-0.2, 0) is 10.0 Å². The van der Waals surface area contributed by atoms with Crippen LogP contribution in [0.4, 0.5) is 0 Å². The Balaban J connectivity index is 1.73. The van der Waals surface area contributed by atoms with Gasteiger partial charge in [0, 0.05) is 6.54 Å². The first-order valence-corrected chi connectivity index (χ1v) is 9.52. The smallest absolute Gasteiger partial charge is 0.243 e. The maximum atomic E-state index is 12.8. The predicted octanol–water partition coefficient (Wildman–Crippen LogP) is 2.03. The number of nitrogens with zero attached hydrogens (tertiary/aromatic N) is 3. The number of rotatable bonds is 5. The third-order valence-corrected chi connectivity index (χ3v) is 5.97. The molecule has 1 saturated heterocycles. The van der Waals surface area contributed by atoms with Crippen molar-refractivity contribution < 1.29 is 17.9 Å². The Labute approximate surface area is 147 Å². The Morgan fingerprint density at radius 3 is 2.60 bits per heavy atom. The van der Waals surface area contributed by atoms with Crippen molar-refractivity contribution in [1.82, 2.24) is 14.3 Å². The largest absolute Gasteiger partial charge is 0.480 e. The van der Waals surface area contributed by atoms with Gasteiger partial charge in [0.15, 0.2) is 0 Å². The van der Waals surface area contributed by atoms with Gasteiger partial charge in [-0.15, -0.1) is 0 Å². The Bertz CT molecular complexity index is 824. The molecular weight excluding hydrogens is 342 g/mol. The highest BCUT2D eigenvalue weighted by atomic mass is 32.2. The number of methoxy groups -OCH3 is 1. The van der Waals surface area contributed by atoms with Crippen molar-refractivity contribution in [3.05, 3.63) is 42.2 Å². The fourth-order valence-electron chi connectivity index (χ4n) is 2.74. The summed E-state index contributed by atoms with van der Waals surface area (Å²) < 4.78 is 38.0. The van der Waals surface area contributed by atoms with E-state index in [2.05, 4.69) is 9.97 Å². The first kappa shape index (κ1) is 17.6. The zero-order chi connectivity index (χ0) is 17.9. The van der Waals surface area contributed by atoms with E-state index in [1.165, 1.54) is 23.8 Å². The van der Waals surface area contributed by atoms with Crippen LogP contribution in [-0.4, -0.2) is 49.0 Å². The second-order valence-corrected chi connectivity index (χ2v) is 7.90. The molecule has 1 aromatic heterocycles. The lowest BCUT2D eigenvalue weighted by molar-refractivity contribution is 0.123. The van der Waals surface area contributed by atoms with Gasteiger partial charge in [-0.3, -0.25) is 4.98 Å². The number of sulfonamides is 1. The van der Waals surface area contributed by atoms with Crippen molar-refractivity contribution in [3.8, 4) is 11.8 Å². The zero-order valence-corrected chi connectivity index (χ0v) is 15.1. The van der Waals surface area contributed by atoms with E-state index in [1.54, 1.807) is 24.3 Å². The number of hydrogen-bond acceptors (Lipinski definition) is 6. The molecule has 3 rings (SSSR count). The first-order valence-electron chi connectivity index (χ1n) is 8.08. The van der Waals surface area contributed by atoms with E-state index in [1.807, 2.05) is 6.92 Å². The van der Waals surface area contributed by atoms with Crippen LogP contribution in [0.2, 0.25) is 0 Å². The number of ether oxygens (including phenoxy) is 2. The maximum absolute atomic E-state index is 12.8. The average Bonchev–Trinajstić information content (AvgIpc) is 2.62. The molecule has 1 atom stereocenters. The summed E-state index contributed by atoms with van der Waals surface area (Å²) in [5.74, 6) is 0.691. The number of aryl methyl sites for hydroxylation is 1. The molecule has 2 heterocycles. The lowest BCUT2D eigenvalue weighted by Crippen LogP contribution is -2.44. The molecule has 25 heavy (non-hydrogen) atoms. The quantitative estimate of drug-likeness (QED) is 0.808. The lowest BCUT2D eigenvalue weighted by Gasteiger charge is -2.31. The summed E-state index contributed by atoms with van der Waals surface area (Å²) in [5.41, 5.74) is 1.02. The topological polar surface area (TPSA) is 81.6 Å². The summed E-state index contributed by atoms with van der Waals surface area (Å²) in [4.78, 5) is 8.47. The highest BCUT2D eigenvalue weighted by Gasteiger charge is 2.31. The van der Waals surface area contributed by atoms with Crippen LogP contribution in [0.25, 0.3) is 0 Å². The molecule has 1 aliphatic heterocycles. The van der Waals surface area contributed by atoms with Gasteiger partial charge in [-0.25, -0.2) is 8.42 Å². The average molecular weight is 363 g/mol. The van der Waals surface area contributed by atoms with E-state index in [4.69, 9.17) is 9.47 Å². The van der Waals surface area contributed by atoms with Crippen molar-refractivity contribution in [2.75, 3.05) is 20.2 Å². The van der Waals surface area contributed by atoms with Gasteiger partial charge < -0.3 is 9.47 Å². The summed E-state index contributed by atoms with van der Waals surface area (Å²) >= 11 is 0. The molecule has 0 amide bonds. The molecule has 0 radical (unpaired) electrons. The second kappa shape index (κ2) is 7.37. The number of hydrogen-bond donors (Lipinski definition) is 0. The van der Waals surface area contributed by atoms with Gasteiger partial charge in [-0.05, 0) is 31.9 Å². The normalized spacial score (nSPS) is 18.7. The van der Waals surface area contributed by atoms with E-state index >= 15 is 0 Å². The molecule has 7 nitrogen and oxygen atoms in total. The minimum absolute atomic E-state index is 0.268. The molecule has 2 aromatic rings. The van der Waals surface area contributed by atoms with Crippen molar-refractivity contribution >= 4 is 10.0 Å². The maximum Gasteiger partial charge on any atom is 0.243 e. The Hall–Kier alpha value is -2.19. The summed E-state index contributed by atoms with van der Waals surface area (Å²) in [5, 5.41) is 0. The van der Waals surface area contributed by atoms with Gasteiger partial charge >= 0.3 is 0 Å². The van der Waals surface area contributed by atoms with Crippen molar-refractivity contribution in [2.24, 2.45) is 0 Å². The number of piperidine rings is 1. The van der Waals surface area contributed by atoms with Gasteiger partial charge in [-0.1, -0.05) is 17.7 Å². The Kier molecular flexibility index (Phi) is 5.19. The predicted molar refractivity (Wildman–Crippen MR) is 92.2 cm³/mol. The molecule has 0 saturated carbocycles. The highest BCUT2D eigenvalue weighted by Crippen LogP contribution is 2.23. The van der Waals surface area contributed by atoms with Crippen molar-refractivity contribution in [3.63, 3.8) is 0 Å². The standard InChI is InChI=1S/C17H21N3O4S/c1-13-5-7-15(8-6-13)25(21,22)20-9-3-4-14(12-20)24-17-11-18-10-16(19-17)23-2/h5-8,10-11,14H,3-4,9,12H2,1-2H3. The fraction of sp³-hybridized carbons (Fsp3) is 0.412.